The summed E-state index contributed by atoms with van der Waals surface area (Å²) in [5.41, 5.74) is 0. The van der Waals surface area contributed by atoms with Crippen LogP contribution in [0.2, 0.25) is 5.04 Å². The van der Waals surface area contributed by atoms with Gasteiger partial charge in [-0.05, 0) is 17.4 Å². The van der Waals surface area contributed by atoms with Gasteiger partial charge in [0.25, 0.3) is 0 Å². The number of rotatable bonds is 7. The molecule has 0 spiro atoms. The van der Waals surface area contributed by atoms with Crippen molar-refractivity contribution in [2.45, 2.75) is 57.8 Å². The van der Waals surface area contributed by atoms with Crippen molar-refractivity contribution in [3.8, 4) is 0 Å². The maximum Gasteiger partial charge on any atom is 0.303 e. The standard InChI is InChI=1S/C14H26O5Si/c1-8(2)14(3,4)20-19-12-6-11(16)9(5-13(17)18)10(12)7-15/h7-12,16H,5-6,20H2,1-4H3,(H,17,18)/t9-,10-,11+,12-/m1/s1. The predicted molar refractivity (Wildman–Crippen MR) is 78.2 cm³/mol. The average Bonchev–Trinajstić information content (AvgIpc) is 2.62. The molecule has 0 radical (unpaired) electrons. The van der Waals surface area contributed by atoms with Gasteiger partial charge in [0.2, 0.25) is 0 Å². The number of aliphatic hydroxyl groups excluding tert-OH is 1. The first-order valence-corrected chi connectivity index (χ1v) is 8.44. The second-order valence-corrected chi connectivity index (χ2v) is 9.22. The summed E-state index contributed by atoms with van der Waals surface area (Å²) in [5, 5.41) is 18.9. The summed E-state index contributed by atoms with van der Waals surface area (Å²) in [5.74, 6) is -1.52. The van der Waals surface area contributed by atoms with Gasteiger partial charge in [0.05, 0.1) is 18.6 Å². The van der Waals surface area contributed by atoms with Crippen LogP contribution in [0.4, 0.5) is 0 Å². The highest BCUT2D eigenvalue weighted by molar-refractivity contribution is 6.32. The van der Waals surface area contributed by atoms with Crippen molar-refractivity contribution in [1.82, 2.24) is 0 Å². The van der Waals surface area contributed by atoms with Crippen molar-refractivity contribution in [1.29, 1.82) is 0 Å². The fourth-order valence-electron chi connectivity index (χ4n) is 2.43. The molecule has 5 nitrogen and oxygen atoms in total. The number of carboxylic acid groups (broad SMARTS) is 1. The Kier molecular flexibility index (Phi) is 5.91. The van der Waals surface area contributed by atoms with E-state index >= 15 is 0 Å². The molecule has 1 saturated carbocycles. The summed E-state index contributed by atoms with van der Waals surface area (Å²) in [6, 6.07) is 0. The maximum absolute atomic E-state index is 11.2. The predicted octanol–water partition coefficient (Wildman–Crippen LogP) is 0.980. The lowest BCUT2D eigenvalue weighted by molar-refractivity contribution is -0.139. The van der Waals surface area contributed by atoms with Crippen molar-refractivity contribution in [2.75, 3.05) is 0 Å². The number of carbonyl (C=O) groups excluding carboxylic acids is 1. The zero-order valence-corrected chi connectivity index (χ0v) is 14.1. The fourth-order valence-corrected chi connectivity index (χ4v) is 3.77. The van der Waals surface area contributed by atoms with Gasteiger partial charge in [-0.25, -0.2) is 0 Å². The molecule has 1 aliphatic carbocycles. The second-order valence-electron chi connectivity index (χ2n) is 6.77. The van der Waals surface area contributed by atoms with E-state index in [1.165, 1.54) is 0 Å². The van der Waals surface area contributed by atoms with Crippen LogP contribution < -0.4 is 0 Å². The van der Waals surface area contributed by atoms with E-state index in [0.29, 0.717) is 12.3 Å². The summed E-state index contributed by atoms with van der Waals surface area (Å²) >= 11 is 0. The molecule has 1 rings (SSSR count). The van der Waals surface area contributed by atoms with E-state index < -0.39 is 33.7 Å². The molecule has 6 heteroatoms. The summed E-state index contributed by atoms with van der Waals surface area (Å²) in [4.78, 5) is 22.1. The molecular weight excluding hydrogens is 276 g/mol. The van der Waals surface area contributed by atoms with E-state index in [2.05, 4.69) is 27.7 Å². The highest BCUT2D eigenvalue weighted by Gasteiger charge is 2.44. The maximum atomic E-state index is 11.2. The van der Waals surface area contributed by atoms with Gasteiger partial charge in [-0.1, -0.05) is 27.7 Å². The molecule has 0 saturated heterocycles. The van der Waals surface area contributed by atoms with Crippen molar-refractivity contribution in [3.05, 3.63) is 0 Å². The first-order valence-electron chi connectivity index (χ1n) is 7.15. The molecule has 0 aromatic rings. The molecule has 0 heterocycles. The lowest BCUT2D eigenvalue weighted by Crippen LogP contribution is -2.31. The molecule has 20 heavy (non-hydrogen) atoms. The van der Waals surface area contributed by atoms with Gasteiger partial charge < -0.3 is 19.4 Å². The molecule has 1 aliphatic rings. The van der Waals surface area contributed by atoms with Crippen LogP contribution >= 0.6 is 0 Å². The number of aliphatic hydroxyl groups is 1. The first-order chi connectivity index (χ1) is 9.19. The summed E-state index contributed by atoms with van der Waals surface area (Å²) in [6.45, 7) is 8.59. The Morgan fingerprint density at radius 1 is 1.50 bits per heavy atom. The summed E-state index contributed by atoms with van der Waals surface area (Å²) < 4.78 is 5.97. The van der Waals surface area contributed by atoms with Crippen LogP contribution in [-0.4, -0.2) is 44.4 Å². The molecule has 0 unspecified atom stereocenters. The van der Waals surface area contributed by atoms with E-state index in [1.807, 2.05) is 0 Å². The number of aldehydes is 1. The molecule has 0 aromatic heterocycles. The smallest absolute Gasteiger partial charge is 0.303 e. The Balaban J connectivity index is 2.67. The molecule has 0 aliphatic heterocycles. The topological polar surface area (TPSA) is 83.8 Å². The minimum Gasteiger partial charge on any atom is -0.481 e. The van der Waals surface area contributed by atoms with E-state index in [4.69, 9.17) is 9.53 Å². The van der Waals surface area contributed by atoms with Crippen LogP contribution in [0.15, 0.2) is 0 Å². The van der Waals surface area contributed by atoms with Crippen LogP contribution in [0.1, 0.15) is 40.5 Å². The van der Waals surface area contributed by atoms with Crippen molar-refractivity contribution in [3.63, 3.8) is 0 Å². The van der Waals surface area contributed by atoms with Gasteiger partial charge >= 0.3 is 5.97 Å². The number of aliphatic carboxylic acids is 1. The third-order valence-electron chi connectivity index (χ3n) is 4.69. The Morgan fingerprint density at radius 2 is 2.10 bits per heavy atom. The van der Waals surface area contributed by atoms with Crippen molar-refractivity contribution < 1.29 is 24.2 Å². The van der Waals surface area contributed by atoms with Gasteiger partial charge in [-0.3, -0.25) is 4.79 Å². The monoisotopic (exact) mass is 302 g/mol. The molecule has 0 aromatic carbocycles. The Morgan fingerprint density at radius 3 is 2.55 bits per heavy atom. The third kappa shape index (κ3) is 4.13. The normalized spacial score (nSPS) is 31.3. The number of hydrogen-bond donors (Lipinski definition) is 2. The van der Waals surface area contributed by atoms with Crippen LogP contribution in [0.3, 0.4) is 0 Å². The van der Waals surface area contributed by atoms with Crippen molar-refractivity contribution >= 4 is 22.0 Å². The Labute approximate surface area is 122 Å². The Bertz CT molecular complexity index is 355. The minimum absolute atomic E-state index is 0.114. The first kappa shape index (κ1) is 17.3. The largest absolute Gasteiger partial charge is 0.481 e. The number of hydrogen-bond acceptors (Lipinski definition) is 4. The van der Waals surface area contributed by atoms with Crippen LogP contribution in [0.5, 0.6) is 0 Å². The average molecular weight is 302 g/mol. The minimum atomic E-state index is -0.985. The molecule has 2 N–H and O–H groups in total. The van der Waals surface area contributed by atoms with Crippen LogP contribution in [-0.2, 0) is 14.0 Å². The van der Waals surface area contributed by atoms with E-state index in [9.17, 15) is 14.7 Å². The van der Waals surface area contributed by atoms with E-state index in [1.54, 1.807) is 0 Å². The lowest BCUT2D eigenvalue weighted by Gasteiger charge is -2.30. The van der Waals surface area contributed by atoms with Gasteiger partial charge in [0.1, 0.15) is 6.29 Å². The zero-order chi connectivity index (χ0) is 15.5. The third-order valence-corrected chi connectivity index (χ3v) is 6.85. The second kappa shape index (κ2) is 6.82. The van der Waals surface area contributed by atoms with Crippen LogP contribution in [0, 0.1) is 17.8 Å². The number of carbonyl (C=O) groups is 2. The SMILES string of the molecule is CC(C)C(C)(C)[SiH2]O[C@@H]1C[C@H](O)[C@H](CC(=O)O)[C@H]1C=O. The highest BCUT2D eigenvalue weighted by atomic mass is 28.2. The van der Waals surface area contributed by atoms with Gasteiger partial charge in [0.15, 0.2) is 9.76 Å². The molecule has 0 bridgehead atoms. The lowest BCUT2D eigenvalue weighted by atomic mass is 9.92. The molecule has 1 fully saturated rings. The highest BCUT2D eigenvalue weighted by Crippen LogP contribution is 2.38. The molecular formula is C14H26O5Si. The summed E-state index contributed by atoms with van der Waals surface area (Å²) in [6.07, 6.45) is -0.146. The quantitative estimate of drug-likeness (QED) is 0.541. The summed E-state index contributed by atoms with van der Waals surface area (Å²) in [7, 11) is -0.869. The van der Waals surface area contributed by atoms with Gasteiger partial charge in [0, 0.05) is 11.8 Å². The van der Waals surface area contributed by atoms with E-state index in [0.717, 1.165) is 6.29 Å². The molecule has 4 atom stereocenters. The zero-order valence-electron chi connectivity index (χ0n) is 12.7. The van der Waals surface area contributed by atoms with Gasteiger partial charge in [-0.2, -0.15) is 0 Å². The van der Waals surface area contributed by atoms with Gasteiger partial charge in [-0.15, -0.1) is 0 Å². The fraction of sp³-hybridized carbons (Fsp3) is 0.857. The Hall–Kier alpha value is -0.723. The van der Waals surface area contributed by atoms with Crippen LogP contribution in [0.25, 0.3) is 0 Å². The molecule has 116 valence electrons. The van der Waals surface area contributed by atoms with E-state index in [-0.39, 0.29) is 17.6 Å². The molecule has 0 amide bonds. The van der Waals surface area contributed by atoms with Crippen molar-refractivity contribution in [2.24, 2.45) is 17.8 Å². The number of carboxylic acids is 1.